The smallest absolute Gasteiger partial charge is 0.143 e. The van der Waals surface area contributed by atoms with Gasteiger partial charge in [-0.05, 0) is 43.4 Å². The van der Waals surface area contributed by atoms with E-state index >= 15 is 0 Å². The molecule has 0 bridgehead atoms. The summed E-state index contributed by atoms with van der Waals surface area (Å²) in [7, 11) is 4.09. The van der Waals surface area contributed by atoms with Crippen molar-refractivity contribution in [3.05, 3.63) is 94.5 Å². The predicted octanol–water partition coefficient (Wildman–Crippen LogP) is 4.82. The quantitative estimate of drug-likeness (QED) is 0.351. The highest BCUT2D eigenvalue weighted by Crippen LogP contribution is 2.29. The fraction of sp³-hybridized carbons (Fsp3) is 0.308. The Bertz CT molecular complexity index is 940. The molecule has 0 heterocycles. The third-order valence-corrected chi connectivity index (χ3v) is 5.76. The van der Waals surface area contributed by atoms with Crippen LogP contribution in [0.15, 0.2) is 83.3 Å². The largest absolute Gasteiger partial charge is 0.490 e. The van der Waals surface area contributed by atoms with Gasteiger partial charge < -0.3 is 15.2 Å². The first kappa shape index (κ1) is 24.3. The second kappa shape index (κ2) is 12.6. The molecule has 2 N–H and O–H groups in total. The molecule has 0 saturated heterocycles. The third-order valence-electron chi connectivity index (χ3n) is 5.27. The standard InChI is InChI=1S/C26H32BrN3O2/c1-29(18-21-9-5-3-6-10-21)15-16-32-25-17-23(27)13-14-24(25)28-26(20-31)30(2)19-22-11-7-4-8-12-22/h3-14,17,26,28,31H,15-16,18-20H2,1-2H3. The van der Waals surface area contributed by atoms with Crippen LogP contribution < -0.4 is 10.1 Å². The molecule has 0 aliphatic rings. The number of nitrogens with zero attached hydrogens (tertiary/aromatic N) is 2. The van der Waals surface area contributed by atoms with Gasteiger partial charge in [-0.25, -0.2) is 0 Å². The number of likely N-dealkylation sites (N-methyl/N-ethyl adjacent to an activating group) is 2. The first-order valence-corrected chi connectivity index (χ1v) is 11.6. The highest BCUT2D eigenvalue weighted by molar-refractivity contribution is 9.10. The van der Waals surface area contributed by atoms with Crippen LogP contribution >= 0.6 is 15.9 Å². The lowest BCUT2D eigenvalue weighted by atomic mass is 10.2. The van der Waals surface area contributed by atoms with Crippen molar-refractivity contribution >= 4 is 21.6 Å². The first-order valence-electron chi connectivity index (χ1n) is 10.8. The van der Waals surface area contributed by atoms with Crippen molar-refractivity contribution in [1.82, 2.24) is 9.80 Å². The molecule has 0 fully saturated rings. The van der Waals surface area contributed by atoms with E-state index in [2.05, 4.69) is 74.5 Å². The Kier molecular flexibility index (Phi) is 9.56. The van der Waals surface area contributed by atoms with Crippen LogP contribution in [0.4, 0.5) is 5.69 Å². The second-order valence-electron chi connectivity index (χ2n) is 7.96. The highest BCUT2D eigenvalue weighted by Gasteiger charge is 2.16. The average Bonchev–Trinajstić information content (AvgIpc) is 2.80. The van der Waals surface area contributed by atoms with Crippen molar-refractivity contribution in [2.75, 3.05) is 39.2 Å². The van der Waals surface area contributed by atoms with Crippen molar-refractivity contribution in [1.29, 1.82) is 0 Å². The SMILES string of the molecule is CN(CCOc1cc(Br)ccc1NC(CO)N(C)Cc1ccccc1)Cc1ccccc1. The molecule has 1 unspecified atom stereocenters. The monoisotopic (exact) mass is 497 g/mol. The maximum atomic E-state index is 10.0. The zero-order valence-electron chi connectivity index (χ0n) is 18.7. The molecule has 6 heteroatoms. The summed E-state index contributed by atoms with van der Waals surface area (Å²) in [5.41, 5.74) is 3.34. The lowest BCUT2D eigenvalue weighted by molar-refractivity contribution is 0.159. The summed E-state index contributed by atoms with van der Waals surface area (Å²) >= 11 is 3.54. The summed E-state index contributed by atoms with van der Waals surface area (Å²) in [5, 5.41) is 13.4. The fourth-order valence-corrected chi connectivity index (χ4v) is 3.82. The number of ether oxygens (including phenoxy) is 1. The summed E-state index contributed by atoms with van der Waals surface area (Å²) in [4.78, 5) is 4.33. The van der Waals surface area contributed by atoms with E-state index in [0.717, 1.165) is 35.5 Å². The van der Waals surface area contributed by atoms with Crippen molar-refractivity contribution in [2.45, 2.75) is 19.3 Å². The molecule has 0 amide bonds. The van der Waals surface area contributed by atoms with Crippen LogP contribution in [0.1, 0.15) is 11.1 Å². The number of aliphatic hydroxyl groups is 1. The van der Waals surface area contributed by atoms with E-state index in [1.165, 1.54) is 11.1 Å². The minimum absolute atomic E-state index is 0.0152. The van der Waals surface area contributed by atoms with Crippen LogP contribution in [0.2, 0.25) is 0 Å². The fourth-order valence-electron chi connectivity index (χ4n) is 3.48. The van der Waals surface area contributed by atoms with E-state index in [1.807, 2.05) is 49.5 Å². The van der Waals surface area contributed by atoms with Gasteiger partial charge in [-0.1, -0.05) is 76.6 Å². The lowest BCUT2D eigenvalue weighted by Gasteiger charge is -2.29. The van der Waals surface area contributed by atoms with Gasteiger partial charge in [0.2, 0.25) is 0 Å². The van der Waals surface area contributed by atoms with E-state index in [0.29, 0.717) is 6.61 Å². The van der Waals surface area contributed by atoms with Gasteiger partial charge in [0, 0.05) is 24.1 Å². The van der Waals surface area contributed by atoms with Gasteiger partial charge in [0.1, 0.15) is 18.5 Å². The summed E-state index contributed by atoms with van der Waals surface area (Å²) < 4.78 is 7.09. The topological polar surface area (TPSA) is 48.0 Å². The van der Waals surface area contributed by atoms with Crippen LogP contribution in [0.3, 0.4) is 0 Å². The van der Waals surface area contributed by atoms with Crippen LogP contribution in [0, 0.1) is 0 Å². The van der Waals surface area contributed by atoms with Crippen LogP contribution in [0.5, 0.6) is 5.75 Å². The Balaban J connectivity index is 1.58. The zero-order chi connectivity index (χ0) is 22.8. The summed E-state index contributed by atoms with van der Waals surface area (Å²) in [6, 6.07) is 26.6. The van der Waals surface area contributed by atoms with Gasteiger partial charge in [-0.2, -0.15) is 0 Å². The number of anilines is 1. The highest BCUT2D eigenvalue weighted by atomic mass is 79.9. The van der Waals surface area contributed by atoms with Gasteiger partial charge >= 0.3 is 0 Å². The number of nitrogens with one attached hydrogen (secondary N) is 1. The molecule has 32 heavy (non-hydrogen) atoms. The van der Waals surface area contributed by atoms with E-state index in [1.54, 1.807) is 0 Å². The lowest BCUT2D eigenvalue weighted by Crippen LogP contribution is -2.40. The Morgan fingerprint density at radius 1 is 0.906 bits per heavy atom. The molecule has 170 valence electrons. The molecular formula is C26H32BrN3O2. The molecule has 0 aliphatic heterocycles. The van der Waals surface area contributed by atoms with Gasteiger partial charge in [0.25, 0.3) is 0 Å². The number of halogens is 1. The van der Waals surface area contributed by atoms with Crippen LogP contribution in [0.25, 0.3) is 0 Å². The Labute approximate surface area is 199 Å². The van der Waals surface area contributed by atoms with E-state index in [-0.39, 0.29) is 12.8 Å². The van der Waals surface area contributed by atoms with Crippen molar-refractivity contribution in [3.8, 4) is 5.75 Å². The number of aliphatic hydroxyl groups excluding tert-OH is 1. The van der Waals surface area contributed by atoms with Crippen molar-refractivity contribution in [2.24, 2.45) is 0 Å². The normalized spacial score (nSPS) is 12.2. The molecule has 0 aliphatic carbocycles. The van der Waals surface area contributed by atoms with Gasteiger partial charge in [0.15, 0.2) is 0 Å². The molecule has 1 atom stereocenters. The second-order valence-corrected chi connectivity index (χ2v) is 8.87. The molecule has 0 aromatic heterocycles. The third kappa shape index (κ3) is 7.64. The maximum Gasteiger partial charge on any atom is 0.143 e. The van der Waals surface area contributed by atoms with Crippen molar-refractivity contribution < 1.29 is 9.84 Å². The average molecular weight is 498 g/mol. The number of rotatable bonds is 12. The molecule has 3 aromatic rings. The zero-order valence-corrected chi connectivity index (χ0v) is 20.3. The van der Waals surface area contributed by atoms with Gasteiger partial charge in [-0.15, -0.1) is 0 Å². The minimum Gasteiger partial charge on any atom is -0.490 e. The summed E-state index contributed by atoms with van der Waals surface area (Å²) in [5.74, 6) is 0.763. The molecule has 5 nitrogen and oxygen atoms in total. The van der Waals surface area contributed by atoms with Gasteiger partial charge in [0.05, 0.1) is 12.3 Å². The number of hydrogen-bond acceptors (Lipinski definition) is 5. The van der Waals surface area contributed by atoms with E-state index < -0.39 is 0 Å². The maximum absolute atomic E-state index is 10.0. The molecule has 0 spiro atoms. The summed E-state index contributed by atoms with van der Waals surface area (Å²) in [6.45, 7) is 2.97. The molecule has 3 aromatic carbocycles. The number of benzene rings is 3. The molecular weight excluding hydrogens is 466 g/mol. The van der Waals surface area contributed by atoms with Crippen LogP contribution in [-0.2, 0) is 13.1 Å². The first-order chi connectivity index (χ1) is 15.5. The Morgan fingerprint density at radius 3 is 2.16 bits per heavy atom. The van der Waals surface area contributed by atoms with Gasteiger partial charge in [-0.3, -0.25) is 9.80 Å². The minimum atomic E-state index is -0.237. The Hall–Kier alpha value is -2.38. The Morgan fingerprint density at radius 2 is 1.53 bits per heavy atom. The van der Waals surface area contributed by atoms with E-state index in [9.17, 15) is 5.11 Å². The number of hydrogen-bond donors (Lipinski definition) is 2. The molecule has 3 rings (SSSR count). The van der Waals surface area contributed by atoms with E-state index in [4.69, 9.17) is 4.74 Å². The summed E-state index contributed by atoms with van der Waals surface area (Å²) in [6.07, 6.45) is -0.237. The van der Waals surface area contributed by atoms with Crippen molar-refractivity contribution in [3.63, 3.8) is 0 Å². The molecule has 0 saturated carbocycles. The van der Waals surface area contributed by atoms with Crippen LogP contribution in [-0.4, -0.2) is 54.9 Å². The molecule has 0 radical (unpaired) electrons. The predicted molar refractivity (Wildman–Crippen MR) is 135 cm³/mol.